The molecule has 0 heterocycles. The summed E-state index contributed by atoms with van der Waals surface area (Å²) in [5.41, 5.74) is 0.804. The Balaban J connectivity index is 2.83. The maximum Gasteiger partial charge on any atom is 0.0877 e. The van der Waals surface area contributed by atoms with Crippen LogP contribution in [0.4, 0.5) is 0 Å². The fourth-order valence-corrected chi connectivity index (χ4v) is 1.46. The Morgan fingerprint density at radius 3 is 2.21 bits per heavy atom. The molecule has 0 aromatic heterocycles. The summed E-state index contributed by atoms with van der Waals surface area (Å²) < 4.78 is 0. The predicted octanol–water partition coefficient (Wildman–Crippen LogP) is 1.90. The number of aliphatic hydroxyl groups is 2. The summed E-state index contributed by atoms with van der Waals surface area (Å²) in [6.07, 6.45) is 0.305. The molecule has 2 N–H and O–H groups in total. The third-order valence-corrected chi connectivity index (χ3v) is 2.33. The van der Waals surface area contributed by atoms with Gasteiger partial charge < -0.3 is 10.2 Å². The molecule has 76 valence electrons. The highest BCUT2D eigenvalue weighted by molar-refractivity contribution is 5.19. The van der Waals surface area contributed by atoms with Crippen molar-refractivity contribution >= 4 is 0 Å². The number of benzene rings is 1. The first-order chi connectivity index (χ1) is 6.66. The first-order valence-electron chi connectivity index (χ1n) is 4.70. The Hall–Kier alpha value is -1.12. The summed E-state index contributed by atoms with van der Waals surface area (Å²) in [5.74, 6) is -0.322. The molecule has 1 rings (SSSR count). The second kappa shape index (κ2) is 4.94. The van der Waals surface area contributed by atoms with Gasteiger partial charge in [-0.15, -0.1) is 6.58 Å². The van der Waals surface area contributed by atoms with E-state index < -0.39 is 12.2 Å². The van der Waals surface area contributed by atoms with E-state index in [9.17, 15) is 10.2 Å². The molecule has 0 saturated carbocycles. The second-order valence-electron chi connectivity index (χ2n) is 3.41. The van der Waals surface area contributed by atoms with Gasteiger partial charge in [0, 0.05) is 5.92 Å². The third kappa shape index (κ3) is 2.44. The van der Waals surface area contributed by atoms with Gasteiger partial charge in [0.05, 0.1) is 12.2 Å². The monoisotopic (exact) mass is 192 g/mol. The van der Waals surface area contributed by atoms with Gasteiger partial charge in [0.15, 0.2) is 0 Å². The lowest BCUT2D eigenvalue weighted by Crippen LogP contribution is -2.21. The van der Waals surface area contributed by atoms with Gasteiger partial charge in [-0.3, -0.25) is 0 Å². The molecule has 0 aliphatic carbocycles. The molecule has 1 aromatic rings. The Morgan fingerprint density at radius 1 is 1.21 bits per heavy atom. The summed E-state index contributed by atoms with van der Waals surface area (Å²) in [7, 11) is 0. The van der Waals surface area contributed by atoms with Gasteiger partial charge in [-0.25, -0.2) is 0 Å². The van der Waals surface area contributed by atoms with Gasteiger partial charge in [-0.1, -0.05) is 36.4 Å². The quantitative estimate of drug-likeness (QED) is 0.715. The molecule has 0 aliphatic rings. The summed E-state index contributed by atoms with van der Waals surface area (Å²) >= 11 is 0. The van der Waals surface area contributed by atoms with Gasteiger partial charge in [-0.2, -0.15) is 0 Å². The van der Waals surface area contributed by atoms with Crippen LogP contribution in [0.5, 0.6) is 0 Å². The SMILES string of the molecule is C=CC(C(C)O)C(O)c1ccccc1. The third-order valence-electron chi connectivity index (χ3n) is 2.33. The highest BCUT2D eigenvalue weighted by Crippen LogP contribution is 2.25. The second-order valence-corrected chi connectivity index (χ2v) is 3.41. The predicted molar refractivity (Wildman–Crippen MR) is 56.8 cm³/mol. The number of hydrogen-bond acceptors (Lipinski definition) is 2. The Morgan fingerprint density at radius 2 is 1.79 bits per heavy atom. The van der Waals surface area contributed by atoms with Crippen molar-refractivity contribution in [2.75, 3.05) is 0 Å². The minimum Gasteiger partial charge on any atom is -0.393 e. The van der Waals surface area contributed by atoms with E-state index in [4.69, 9.17) is 0 Å². The Labute approximate surface area is 84.5 Å². The van der Waals surface area contributed by atoms with Crippen LogP contribution in [0.15, 0.2) is 43.0 Å². The lowest BCUT2D eigenvalue weighted by Gasteiger charge is -2.22. The molecule has 14 heavy (non-hydrogen) atoms. The Bertz CT molecular complexity index is 280. The van der Waals surface area contributed by atoms with Crippen molar-refractivity contribution < 1.29 is 10.2 Å². The zero-order chi connectivity index (χ0) is 10.6. The van der Waals surface area contributed by atoms with E-state index in [-0.39, 0.29) is 5.92 Å². The van der Waals surface area contributed by atoms with Gasteiger partial charge in [-0.05, 0) is 12.5 Å². The zero-order valence-electron chi connectivity index (χ0n) is 8.30. The maximum absolute atomic E-state index is 9.92. The average molecular weight is 192 g/mol. The molecule has 0 radical (unpaired) electrons. The van der Waals surface area contributed by atoms with Crippen LogP contribution >= 0.6 is 0 Å². The number of rotatable bonds is 4. The molecule has 3 atom stereocenters. The highest BCUT2D eigenvalue weighted by Gasteiger charge is 2.21. The Kier molecular flexibility index (Phi) is 3.86. The van der Waals surface area contributed by atoms with Gasteiger partial charge in [0.1, 0.15) is 0 Å². The average Bonchev–Trinajstić information content (AvgIpc) is 2.19. The fourth-order valence-electron chi connectivity index (χ4n) is 1.46. The van der Waals surface area contributed by atoms with Crippen LogP contribution in [-0.2, 0) is 0 Å². The van der Waals surface area contributed by atoms with E-state index in [1.165, 1.54) is 0 Å². The van der Waals surface area contributed by atoms with Crippen LogP contribution in [0.3, 0.4) is 0 Å². The highest BCUT2D eigenvalue weighted by atomic mass is 16.3. The van der Waals surface area contributed by atoms with Crippen molar-refractivity contribution in [1.82, 2.24) is 0 Å². The van der Waals surface area contributed by atoms with Gasteiger partial charge in [0.25, 0.3) is 0 Å². The molecule has 1 aromatic carbocycles. The smallest absolute Gasteiger partial charge is 0.0877 e. The van der Waals surface area contributed by atoms with Crippen molar-refractivity contribution in [2.45, 2.75) is 19.1 Å². The number of hydrogen-bond donors (Lipinski definition) is 2. The van der Waals surface area contributed by atoms with Gasteiger partial charge >= 0.3 is 0 Å². The van der Waals surface area contributed by atoms with Crippen LogP contribution in [0.25, 0.3) is 0 Å². The van der Waals surface area contributed by atoms with Gasteiger partial charge in [0.2, 0.25) is 0 Å². The topological polar surface area (TPSA) is 40.5 Å². The fraction of sp³-hybridized carbons (Fsp3) is 0.333. The lowest BCUT2D eigenvalue weighted by molar-refractivity contribution is 0.0461. The van der Waals surface area contributed by atoms with Crippen molar-refractivity contribution in [1.29, 1.82) is 0 Å². The van der Waals surface area contributed by atoms with E-state index in [2.05, 4.69) is 6.58 Å². The van der Waals surface area contributed by atoms with Crippen LogP contribution in [0.2, 0.25) is 0 Å². The lowest BCUT2D eigenvalue weighted by atomic mass is 9.92. The van der Waals surface area contributed by atoms with Crippen molar-refractivity contribution in [2.24, 2.45) is 5.92 Å². The first-order valence-corrected chi connectivity index (χ1v) is 4.70. The van der Waals surface area contributed by atoms with Crippen LogP contribution in [0.1, 0.15) is 18.6 Å². The molecule has 0 bridgehead atoms. The van der Waals surface area contributed by atoms with E-state index >= 15 is 0 Å². The molecular weight excluding hydrogens is 176 g/mol. The van der Waals surface area contributed by atoms with Crippen molar-refractivity contribution in [3.8, 4) is 0 Å². The molecule has 2 heteroatoms. The van der Waals surface area contributed by atoms with Crippen LogP contribution in [-0.4, -0.2) is 16.3 Å². The molecule has 3 unspecified atom stereocenters. The summed E-state index contributed by atoms with van der Waals surface area (Å²) in [5, 5.41) is 19.3. The summed E-state index contributed by atoms with van der Waals surface area (Å²) in [6.45, 7) is 5.26. The molecule has 0 aliphatic heterocycles. The van der Waals surface area contributed by atoms with Crippen molar-refractivity contribution in [3.05, 3.63) is 48.6 Å². The minimum absolute atomic E-state index is 0.322. The number of aliphatic hydroxyl groups excluding tert-OH is 2. The van der Waals surface area contributed by atoms with E-state index in [0.29, 0.717) is 0 Å². The summed E-state index contributed by atoms with van der Waals surface area (Å²) in [4.78, 5) is 0. The van der Waals surface area contributed by atoms with E-state index in [1.54, 1.807) is 13.0 Å². The first kappa shape index (κ1) is 11.0. The molecule has 0 spiro atoms. The summed E-state index contributed by atoms with van der Waals surface area (Å²) in [6, 6.07) is 9.29. The molecule has 0 amide bonds. The largest absolute Gasteiger partial charge is 0.393 e. The van der Waals surface area contributed by atoms with Crippen molar-refractivity contribution in [3.63, 3.8) is 0 Å². The molecular formula is C12H16O2. The van der Waals surface area contributed by atoms with Crippen LogP contribution in [0, 0.1) is 5.92 Å². The normalized spacial score (nSPS) is 17.1. The maximum atomic E-state index is 9.92. The zero-order valence-corrected chi connectivity index (χ0v) is 8.30. The molecule has 0 saturated heterocycles. The molecule has 2 nitrogen and oxygen atoms in total. The standard InChI is InChI=1S/C12H16O2/c1-3-11(9(2)13)12(14)10-7-5-4-6-8-10/h3-9,11-14H,1H2,2H3. The van der Waals surface area contributed by atoms with E-state index in [0.717, 1.165) is 5.56 Å². The minimum atomic E-state index is -0.686. The molecule has 0 fully saturated rings. The van der Waals surface area contributed by atoms with E-state index in [1.807, 2.05) is 30.3 Å². The van der Waals surface area contributed by atoms with Crippen LogP contribution < -0.4 is 0 Å².